The topological polar surface area (TPSA) is 50.4 Å². The SMILES string of the molecule is Cl.O=C(CC1COCCN1)NCc1ccc(F)c(Cl)c1. The van der Waals surface area contributed by atoms with Crippen LogP contribution in [0.1, 0.15) is 12.0 Å². The maximum absolute atomic E-state index is 13.0. The third-order valence-corrected chi connectivity index (χ3v) is 3.19. The molecule has 0 bridgehead atoms. The lowest BCUT2D eigenvalue weighted by Crippen LogP contribution is -2.44. The van der Waals surface area contributed by atoms with E-state index in [-0.39, 0.29) is 29.4 Å². The third-order valence-electron chi connectivity index (χ3n) is 2.90. The molecule has 1 aromatic carbocycles. The van der Waals surface area contributed by atoms with Gasteiger partial charge in [0.15, 0.2) is 0 Å². The highest BCUT2D eigenvalue weighted by Gasteiger charge is 2.16. The molecule has 0 radical (unpaired) electrons. The van der Waals surface area contributed by atoms with Crippen LogP contribution in [-0.2, 0) is 16.1 Å². The van der Waals surface area contributed by atoms with Crippen molar-refractivity contribution in [3.05, 3.63) is 34.6 Å². The molecular weight excluding hydrogens is 306 g/mol. The van der Waals surface area contributed by atoms with E-state index in [0.29, 0.717) is 26.2 Å². The van der Waals surface area contributed by atoms with Crippen molar-refractivity contribution >= 4 is 29.9 Å². The predicted octanol–water partition coefficient (Wildman–Crippen LogP) is 1.90. The standard InChI is InChI=1S/C13H16ClFN2O2.ClH/c14-11-5-9(1-2-12(11)15)7-17-13(18)6-10-8-19-4-3-16-10;/h1-2,5,10,16H,3-4,6-8H2,(H,17,18);1H. The number of benzene rings is 1. The van der Waals surface area contributed by atoms with E-state index in [1.807, 2.05) is 0 Å². The van der Waals surface area contributed by atoms with Crippen LogP contribution in [0.5, 0.6) is 0 Å². The van der Waals surface area contributed by atoms with E-state index in [9.17, 15) is 9.18 Å². The van der Waals surface area contributed by atoms with E-state index < -0.39 is 5.82 Å². The van der Waals surface area contributed by atoms with Crippen molar-refractivity contribution in [1.82, 2.24) is 10.6 Å². The molecule has 1 amide bonds. The minimum Gasteiger partial charge on any atom is -0.378 e. The Morgan fingerprint density at radius 2 is 2.35 bits per heavy atom. The molecule has 20 heavy (non-hydrogen) atoms. The first kappa shape index (κ1) is 17.2. The molecule has 0 spiro atoms. The molecule has 1 aliphatic heterocycles. The summed E-state index contributed by atoms with van der Waals surface area (Å²) in [6.07, 6.45) is 0.370. The van der Waals surface area contributed by atoms with Crippen LogP contribution in [0.2, 0.25) is 5.02 Å². The van der Waals surface area contributed by atoms with Gasteiger partial charge in [0.1, 0.15) is 5.82 Å². The van der Waals surface area contributed by atoms with Crippen LogP contribution in [-0.4, -0.2) is 31.7 Å². The Morgan fingerprint density at radius 3 is 3.00 bits per heavy atom. The zero-order chi connectivity index (χ0) is 13.7. The van der Waals surface area contributed by atoms with Gasteiger partial charge in [-0.1, -0.05) is 17.7 Å². The Labute approximate surface area is 128 Å². The van der Waals surface area contributed by atoms with E-state index in [0.717, 1.165) is 12.1 Å². The lowest BCUT2D eigenvalue weighted by atomic mass is 10.1. The highest BCUT2D eigenvalue weighted by Crippen LogP contribution is 2.15. The number of ether oxygens (including phenoxy) is 1. The summed E-state index contributed by atoms with van der Waals surface area (Å²) < 4.78 is 18.2. The lowest BCUT2D eigenvalue weighted by molar-refractivity contribution is -0.122. The molecule has 4 nitrogen and oxygen atoms in total. The van der Waals surface area contributed by atoms with Crippen LogP contribution >= 0.6 is 24.0 Å². The Balaban J connectivity index is 0.00000200. The van der Waals surface area contributed by atoms with Crippen molar-refractivity contribution in [3.63, 3.8) is 0 Å². The molecule has 1 aliphatic rings. The number of hydrogen-bond acceptors (Lipinski definition) is 3. The Morgan fingerprint density at radius 1 is 1.55 bits per heavy atom. The van der Waals surface area contributed by atoms with Gasteiger partial charge in [0.2, 0.25) is 5.91 Å². The molecule has 1 saturated heterocycles. The van der Waals surface area contributed by atoms with Crippen molar-refractivity contribution in [1.29, 1.82) is 0 Å². The van der Waals surface area contributed by atoms with Gasteiger partial charge in [-0.15, -0.1) is 12.4 Å². The first-order valence-corrected chi connectivity index (χ1v) is 6.54. The summed E-state index contributed by atoms with van der Waals surface area (Å²) in [5.41, 5.74) is 0.771. The smallest absolute Gasteiger partial charge is 0.221 e. The van der Waals surface area contributed by atoms with Gasteiger partial charge in [-0.25, -0.2) is 4.39 Å². The number of carbonyl (C=O) groups excluding carboxylic acids is 1. The number of rotatable bonds is 4. The second-order valence-electron chi connectivity index (χ2n) is 4.46. The second kappa shape index (κ2) is 8.42. The van der Waals surface area contributed by atoms with Gasteiger partial charge in [-0.05, 0) is 17.7 Å². The first-order chi connectivity index (χ1) is 9.15. The zero-order valence-corrected chi connectivity index (χ0v) is 12.4. The normalized spacial score (nSPS) is 18.2. The maximum atomic E-state index is 13.0. The summed E-state index contributed by atoms with van der Waals surface area (Å²) >= 11 is 5.67. The van der Waals surface area contributed by atoms with Gasteiger partial charge in [0.05, 0.1) is 18.2 Å². The number of morpholine rings is 1. The highest BCUT2D eigenvalue weighted by atomic mass is 35.5. The zero-order valence-electron chi connectivity index (χ0n) is 10.8. The molecule has 2 N–H and O–H groups in total. The first-order valence-electron chi connectivity index (χ1n) is 6.17. The number of hydrogen-bond donors (Lipinski definition) is 2. The second-order valence-corrected chi connectivity index (χ2v) is 4.86. The fourth-order valence-electron chi connectivity index (χ4n) is 1.90. The number of amides is 1. The summed E-state index contributed by atoms with van der Waals surface area (Å²) in [6, 6.07) is 4.47. The van der Waals surface area contributed by atoms with Crippen molar-refractivity contribution in [3.8, 4) is 0 Å². The number of carbonyl (C=O) groups is 1. The lowest BCUT2D eigenvalue weighted by Gasteiger charge is -2.23. The fraction of sp³-hybridized carbons (Fsp3) is 0.462. The Kier molecular flexibility index (Phi) is 7.23. The molecule has 2 rings (SSSR count). The van der Waals surface area contributed by atoms with Crippen LogP contribution < -0.4 is 10.6 Å². The van der Waals surface area contributed by atoms with E-state index in [1.165, 1.54) is 12.1 Å². The highest BCUT2D eigenvalue weighted by molar-refractivity contribution is 6.30. The fourth-order valence-corrected chi connectivity index (χ4v) is 2.10. The van der Waals surface area contributed by atoms with Crippen LogP contribution in [0.15, 0.2) is 18.2 Å². The molecule has 0 aliphatic carbocycles. The Bertz CT molecular complexity index is 454. The molecule has 0 saturated carbocycles. The summed E-state index contributed by atoms with van der Waals surface area (Å²) in [5.74, 6) is -0.524. The van der Waals surface area contributed by atoms with E-state index in [2.05, 4.69) is 10.6 Å². The molecule has 7 heteroatoms. The van der Waals surface area contributed by atoms with Crippen molar-refractivity contribution in [2.45, 2.75) is 19.0 Å². The summed E-state index contributed by atoms with van der Waals surface area (Å²) in [4.78, 5) is 11.7. The summed E-state index contributed by atoms with van der Waals surface area (Å²) in [5, 5.41) is 6.05. The van der Waals surface area contributed by atoms with Gasteiger partial charge in [0, 0.05) is 25.6 Å². The minimum atomic E-state index is -0.458. The van der Waals surface area contributed by atoms with Crippen LogP contribution in [0.3, 0.4) is 0 Å². The molecular formula is C13H17Cl2FN2O2. The minimum absolute atomic E-state index is 0. The van der Waals surface area contributed by atoms with E-state index in [4.69, 9.17) is 16.3 Å². The van der Waals surface area contributed by atoms with Crippen LogP contribution in [0.25, 0.3) is 0 Å². The van der Waals surface area contributed by atoms with Gasteiger partial charge in [-0.3, -0.25) is 4.79 Å². The number of halogens is 3. The number of nitrogens with one attached hydrogen (secondary N) is 2. The predicted molar refractivity (Wildman–Crippen MR) is 77.7 cm³/mol. The van der Waals surface area contributed by atoms with Gasteiger partial charge >= 0.3 is 0 Å². The molecule has 1 aromatic rings. The molecule has 1 atom stereocenters. The summed E-state index contributed by atoms with van der Waals surface area (Å²) in [7, 11) is 0. The summed E-state index contributed by atoms with van der Waals surface area (Å²) in [6.45, 7) is 2.35. The quantitative estimate of drug-likeness (QED) is 0.890. The van der Waals surface area contributed by atoms with Crippen LogP contribution in [0, 0.1) is 5.82 Å². The van der Waals surface area contributed by atoms with Crippen molar-refractivity contribution in [2.75, 3.05) is 19.8 Å². The molecule has 1 unspecified atom stereocenters. The average molecular weight is 323 g/mol. The molecule has 1 heterocycles. The average Bonchev–Trinajstić information content (AvgIpc) is 2.41. The molecule has 112 valence electrons. The van der Waals surface area contributed by atoms with Gasteiger partial charge < -0.3 is 15.4 Å². The third kappa shape index (κ3) is 5.25. The van der Waals surface area contributed by atoms with Gasteiger partial charge in [-0.2, -0.15) is 0 Å². The van der Waals surface area contributed by atoms with Gasteiger partial charge in [0.25, 0.3) is 0 Å². The molecule has 0 aromatic heterocycles. The van der Waals surface area contributed by atoms with Crippen molar-refractivity contribution < 1.29 is 13.9 Å². The largest absolute Gasteiger partial charge is 0.378 e. The Hall–Kier alpha value is -0.880. The monoisotopic (exact) mass is 322 g/mol. The maximum Gasteiger partial charge on any atom is 0.221 e. The van der Waals surface area contributed by atoms with E-state index in [1.54, 1.807) is 6.07 Å². The van der Waals surface area contributed by atoms with E-state index >= 15 is 0 Å². The van der Waals surface area contributed by atoms with Crippen LogP contribution in [0.4, 0.5) is 4.39 Å². The van der Waals surface area contributed by atoms with Crippen molar-refractivity contribution in [2.24, 2.45) is 0 Å². The molecule has 1 fully saturated rings.